The fourth-order valence-electron chi connectivity index (χ4n) is 3.39. The SMILES string of the molecule is CCC(=O)Nc1ccc(-c2cccc(-c3cc(N4CCNCC4)no3)c2O)cc1. The van der Waals surface area contributed by atoms with E-state index in [1.807, 2.05) is 55.5 Å². The number of hydrogen-bond donors (Lipinski definition) is 3. The first-order valence-corrected chi connectivity index (χ1v) is 9.80. The number of para-hydroxylation sites is 1. The summed E-state index contributed by atoms with van der Waals surface area (Å²) in [5, 5.41) is 21.2. The van der Waals surface area contributed by atoms with Crippen LogP contribution in [0.15, 0.2) is 53.1 Å². The average Bonchev–Trinajstić information content (AvgIpc) is 3.25. The molecule has 0 atom stereocenters. The Morgan fingerprint density at radius 3 is 2.62 bits per heavy atom. The van der Waals surface area contributed by atoms with Gasteiger partial charge in [-0.1, -0.05) is 36.3 Å². The normalized spacial score (nSPS) is 14.0. The Balaban J connectivity index is 1.59. The van der Waals surface area contributed by atoms with Crippen LogP contribution in [0.4, 0.5) is 11.5 Å². The van der Waals surface area contributed by atoms with Gasteiger partial charge < -0.3 is 25.2 Å². The van der Waals surface area contributed by atoms with Crippen molar-refractivity contribution in [1.82, 2.24) is 10.5 Å². The van der Waals surface area contributed by atoms with Crippen molar-refractivity contribution in [2.24, 2.45) is 0 Å². The number of amides is 1. The molecule has 1 aromatic heterocycles. The number of hydrogen-bond acceptors (Lipinski definition) is 6. The Morgan fingerprint density at radius 2 is 1.90 bits per heavy atom. The van der Waals surface area contributed by atoms with Gasteiger partial charge in [-0.25, -0.2) is 0 Å². The molecule has 0 radical (unpaired) electrons. The maximum Gasteiger partial charge on any atom is 0.224 e. The molecule has 1 saturated heterocycles. The quantitative estimate of drug-likeness (QED) is 0.616. The molecule has 2 heterocycles. The molecule has 1 aliphatic rings. The van der Waals surface area contributed by atoms with Gasteiger partial charge in [0.1, 0.15) is 5.75 Å². The summed E-state index contributed by atoms with van der Waals surface area (Å²) >= 11 is 0. The Bertz CT molecular complexity index is 992. The number of carbonyl (C=O) groups is 1. The van der Waals surface area contributed by atoms with Crippen LogP contribution < -0.4 is 15.5 Å². The van der Waals surface area contributed by atoms with E-state index in [4.69, 9.17) is 4.52 Å². The highest BCUT2D eigenvalue weighted by molar-refractivity contribution is 5.91. The zero-order chi connectivity index (χ0) is 20.2. The lowest BCUT2D eigenvalue weighted by Gasteiger charge is -2.26. The number of benzene rings is 2. The van der Waals surface area contributed by atoms with Crippen LogP contribution in [0.1, 0.15) is 13.3 Å². The van der Waals surface area contributed by atoms with Gasteiger partial charge in [0.25, 0.3) is 0 Å². The number of piperazine rings is 1. The number of phenols is 1. The Kier molecular flexibility index (Phi) is 5.48. The highest BCUT2D eigenvalue weighted by atomic mass is 16.5. The molecule has 4 rings (SSSR count). The van der Waals surface area contributed by atoms with E-state index >= 15 is 0 Å². The molecule has 0 aliphatic carbocycles. The van der Waals surface area contributed by atoms with Gasteiger partial charge in [-0.2, -0.15) is 0 Å². The van der Waals surface area contributed by atoms with E-state index in [9.17, 15) is 9.90 Å². The van der Waals surface area contributed by atoms with Gasteiger partial charge in [0.05, 0.1) is 5.56 Å². The standard InChI is InChI=1S/C22H24N4O3/c1-2-21(27)24-16-8-6-15(7-9-16)17-4-3-5-18(22(17)28)19-14-20(25-29-19)26-12-10-23-11-13-26/h3-9,14,23,28H,2,10-13H2,1H3,(H,24,27). The monoisotopic (exact) mass is 392 g/mol. The van der Waals surface area contributed by atoms with Gasteiger partial charge in [-0.15, -0.1) is 0 Å². The summed E-state index contributed by atoms with van der Waals surface area (Å²) in [6.07, 6.45) is 0.428. The molecule has 1 amide bonds. The Labute approximate surface area is 169 Å². The molecular weight excluding hydrogens is 368 g/mol. The number of anilines is 2. The Hall–Kier alpha value is -3.32. The molecule has 3 aromatic rings. The molecule has 0 unspecified atom stereocenters. The highest BCUT2D eigenvalue weighted by Gasteiger charge is 2.18. The van der Waals surface area contributed by atoms with E-state index in [0.29, 0.717) is 23.3 Å². The van der Waals surface area contributed by atoms with E-state index < -0.39 is 0 Å². The van der Waals surface area contributed by atoms with Gasteiger partial charge in [-0.3, -0.25) is 4.79 Å². The predicted molar refractivity (Wildman–Crippen MR) is 113 cm³/mol. The molecule has 0 spiro atoms. The predicted octanol–water partition coefficient (Wildman–Crippen LogP) is 3.47. The lowest BCUT2D eigenvalue weighted by molar-refractivity contribution is -0.115. The summed E-state index contributed by atoms with van der Waals surface area (Å²) in [7, 11) is 0. The molecule has 3 N–H and O–H groups in total. The molecule has 29 heavy (non-hydrogen) atoms. The summed E-state index contributed by atoms with van der Waals surface area (Å²) in [6.45, 7) is 5.39. The zero-order valence-corrected chi connectivity index (χ0v) is 16.3. The van der Waals surface area contributed by atoms with Crippen LogP contribution in [0, 0.1) is 0 Å². The van der Waals surface area contributed by atoms with Gasteiger partial charge in [0.15, 0.2) is 11.6 Å². The van der Waals surface area contributed by atoms with E-state index in [1.165, 1.54) is 0 Å². The maximum absolute atomic E-state index is 11.5. The van der Waals surface area contributed by atoms with Crippen molar-refractivity contribution in [3.8, 4) is 28.2 Å². The summed E-state index contributed by atoms with van der Waals surface area (Å²) < 4.78 is 5.53. The fraction of sp³-hybridized carbons (Fsp3) is 0.273. The average molecular weight is 392 g/mol. The van der Waals surface area contributed by atoms with E-state index in [-0.39, 0.29) is 11.7 Å². The van der Waals surface area contributed by atoms with Crippen molar-refractivity contribution in [2.75, 3.05) is 36.4 Å². The molecule has 150 valence electrons. The Morgan fingerprint density at radius 1 is 1.17 bits per heavy atom. The van der Waals surface area contributed by atoms with Crippen LogP contribution in [-0.4, -0.2) is 42.3 Å². The maximum atomic E-state index is 11.5. The summed E-state index contributed by atoms with van der Waals surface area (Å²) in [5.74, 6) is 1.42. The topological polar surface area (TPSA) is 90.6 Å². The zero-order valence-electron chi connectivity index (χ0n) is 16.3. The number of nitrogens with one attached hydrogen (secondary N) is 2. The van der Waals surface area contributed by atoms with Crippen LogP contribution in [0.3, 0.4) is 0 Å². The van der Waals surface area contributed by atoms with Crippen molar-refractivity contribution in [3.63, 3.8) is 0 Å². The summed E-state index contributed by atoms with van der Waals surface area (Å²) in [5.41, 5.74) is 2.86. The number of aromatic nitrogens is 1. The molecule has 0 saturated carbocycles. The van der Waals surface area contributed by atoms with Crippen LogP contribution in [0.25, 0.3) is 22.5 Å². The third-order valence-electron chi connectivity index (χ3n) is 5.04. The minimum Gasteiger partial charge on any atom is -0.507 e. The number of phenolic OH excluding ortho intramolecular Hbond substituents is 1. The van der Waals surface area contributed by atoms with Gasteiger partial charge in [0, 0.05) is 49.9 Å². The molecule has 0 bridgehead atoms. The number of rotatable bonds is 5. The second-order valence-electron chi connectivity index (χ2n) is 6.97. The van der Waals surface area contributed by atoms with Crippen molar-refractivity contribution >= 4 is 17.4 Å². The minimum atomic E-state index is -0.0341. The summed E-state index contributed by atoms with van der Waals surface area (Å²) in [4.78, 5) is 13.7. The van der Waals surface area contributed by atoms with E-state index in [2.05, 4.69) is 20.7 Å². The lowest BCUT2D eigenvalue weighted by atomic mass is 10.00. The molecule has 2 aromatic carbocycles. The van der Waals surface area contributed by atoms with Crippen molar-refractivity contribution in [1.29, 1.82) is 0 Å². The molecule has 7 nitrogen and oxygen atoms in total. The summed E-state index contributed by atoms with van der Waals surface area (Å²) in [6, 6.07) is 14.8. The molecular formula is C22H24N4O3. The lowest BCUT2D eigenvalue weighted by Crippen LogP contribution is -2.43. The smallest absolute Gasteiger partial charge is 0.224 e. The highest BCUT2D eigenvalue weighted by Crippen LogP contribution is 2.39. The minimum absolute atomic E-state index is 0.0341. The van der Waals surface area contributed by atoms with Gasteiger partial charge >= 0.3 is 0 Å². The van der Waals surface area contributed by atoms with Crippen LogP contribution >= 0.6 is 0 Å². The fourth-order valence-corrected chi connectivity index (χ4v) is 3.39. The van der Waals surface area contributed by atoms with Crippen molar-refractivity contribution < 1.29 is 14.4 Å². The number of carbonyl (C=O) groups excluding carboxylic acids is 1. The second-order valence-corrected chi connectivity index (χ2v) is 6.97. The van der Waals surface area contributed by atoms with Crippen LogP contribution in [-0.2, 0) is 4.79 Å². The third kappa shape index (κ3) is 4.09. The molecule has 1 aliphatic heterocycles. The van der Waals surface area contributed by atoms with Gasteiger partial charge in [0.2, 0.25) is 5.91 Å². The second kappa shape index (κ2) is 8.36. The van der Waals surface area contributed by atoms with E-state index in [0.717, 1.165) is 43.2 Å². The van der Waals surface area contributed by atoms with Crippen molar-refractivity contribution in [3.05, 3.63) is 48.5 Å². The first-order chi connectivity index (χ1) is 14.2. The van der Waals surface area contributed by atoms with Crippen molar-refractivity contribution in [2.45, 2.75) is 13.3 Å². The number of aromatic hydroxyl groups is 1. The van der Waals surface area contributed by atoms with Gasteiger partial charge in [-0.05, 0) is 23.8 Å². The third-order valence-corrected chi connectivity index (χ3v) is 5.04. The van der Waals surface area contributed by atoms with Crippen LogP contribution in [0.5, 0.6) is 5.75 Å². The molecule has 1 fully saturated rings. The largest absolute Gasteiger partial charge is 0.507 e. The first kappa shape index (κ1) is 19.0. The van der Waals surface area contributed by atoms with E-state index in [1.54, 1.807) is 0 Å². The molecule has 7 heteroatoms. The van der Waals surface area contributed by atoms with Crippen LogP contribution in [0.2, 0.25) is 0 Å². The number of nitrogens with zero attached hydrogens (tertiary/aromatic N) is 2. The first-order valence-electron chi connectivity index (χ1n) is 9.80.